The Bertz CT molecular complexity index is 421. The SMILES string of the molecule is O=[N+]([O-])c1ccc(CCNCCOCC(F)(F)F)cc1. The molecule has 0 amide bonds. The topological polar surface area (TPSA) is 64.4 Å². The molecule has 1 aromatic rings. The maximum absolute atomic E-state index is 11.7. The lowest BCUT2D eigenvalue weighted by Crippen LogP contribution is -2.25. The number of nitro benzene ring substituents is 1. The van der Waals surface area contributed by atoms with E-state index < -0.39 is 17.7 Å². The smallest absolute Gasteiger partial charge is 0.371 e. The molecule has 0 fully saturated rings. The molecule has 0 aromatic heterocycles. The minimum absolute atomic E-state index is 0.0141. The van der Waals surface area contributed by atoms with Crippen LogP contribution in [0, 0.1) is 10.1 Å². The Balaban J connectivity index is 2.11. The van der Waals surface area contributed by atoms with Crippen LogP contribution < -0.4 is 5.32 Å². The summed E-state index contributed by atoms with van der Waals surface area (Å²) in [6.45, 7) is -0.368. The van der Waals surface area contributed by atoms with Crippen LogP contribution in [0.3, 0.4) is 0 Å². The maximum Gasteiger partial charge on any atom is 0.411 e. The highest BCUT2D eigenvalue weighted by Gasteiger charge is 2.27. The van der Waals surface area contributed by atoms with Crippen LogP contribution in [0.15, 0.2) is 24.3 Å². The lowest BCUT2D eigenvalue weighted by atomic mass is 10.1. The quantitative estimate of drug-likeness (QED) is 0.453. The van der Waals surface area contributed by atoms with E-state index >= 15 is 0 Å². The standard InChI is InChI=1S/C12H15F3N2O3/c13-12(14,15)9-20-8-7-16-6-5-10-1-3-11(4-2-10)17(18)19/h1-4,16H,5-9H2. The van der Waals surface area contributed by atoms with E-state index in [-0.39, 0.29) is 12.3 Å². The fourth-order valence-corrected chi connectivity index (χ4v) is 1.47. The minimum Gasteiger partial charge on any atom is -0.371 e. The molecule has 1 rings (SSSR count). The number of hydrogen-bond acceptors (Lipinski definition) is 4. The molecule has 0 heterocycles. The lowest BCUT2D eigenvalue weighted by Gasteiger charge is -2.08. The van der Waals surface area contributed by atoms with Gasteiger partial charge in [0, 0.05) is 18.7 Å². The molecule has 20 heavy (non-hydrogen) atoms. The van der Waals surface area contributed by atoms with Crippen molar-refractivity contribution in [1.29, 1.82) is 0 Å². The molecule has 0 atom stereocenters. The molecule has 0 aliphatic heterocycles. The summed E-state index contributed by atoms with van der Waals surface area (Å²) in [4.78, 5) is 9.97. The molecule has 0 unspecified atom stereocenters. The van der Waals surface area contributed by atoms with Crippen LogP contribution in [0.5, 0.6) is 0 Å². The summed E-state index contributed by atoms with van der Waals surface area (Å²) in [5.74, 6) is 0. The lowest BCUT2D eigenvalue weighted by molar-refractivity contribution is -0.384. The second kappa shape index (κ2) is 7.81. The van der Waals surface area contributed by atoms with E-state index in [2.05, 4.69) is 10.1 Å². The Kier molecular flexibility index (Phi) is 6.40. The first-order chi connectivity index (χ1) is 9.38. The fourth-order valence-electron chi connectivity index (χ4n) is 1.47. The summed E-state index contributed by atoms with van der Waals surface area (Å²) in [5.41, 5.74) is 0.946. The first kappa shape index (κ1) is 16.4. The minimum atomic E-state index is -4.29. The Morgan fingerprint density at radius 1 is 1.20 bits per heavy atom. The van der Waals surface area contributed by atoms with Gasteiger partial charge in [-0.3, -0.25) is 10.1 Å². The molecule has 8 heteroatoms. The summed E-state index contributed by atoms with van der Waals surface area (Å²) >= 11 is 0. The highest BCUT2D eigenvalue weighted by atomic mass is 19.4. The number of benzene rings is 1. The van der Waals surface area contributed by atoms with Crippen molar-refractivity contribution in [1.82, 2.24) is 5.32 Å². The van der Waals surface area contributed by atoms with E-state index in [9.17, 15) is 23.3 Å². The van der Waals surface area contributed by atoms with E-state index in [1.807, 2.05) is 0 Å². The van der Waals surface area contributed by atoms with Gasteiger partial charge >= 0.3 is 6.18 Å². The third-order valence-electron chi connectivity index (χ3n) is 2.43. The Hall–Kier alpha value is -1.67. The van der Waals surface area contributed by atoms with Crippen molar-refractivity contribution in [2.45, 2.75) is 12.6 Å². The number of hydrogen-bond donors (Lipinski definition) is 1. The number of nitro groups is 1. The zero-order valence-corrected chi connectivity index (χ0v) is 10.7. The van der Waals surface area contributed by atoms with Crippen LogP contribution in [0.2, 0.25) is 0 Å². The molecule has 112 valence electrons. The van der Waals surface area contributed by atoms with Gasteiger partial charge in [-0.2, -0.15) is 13.2 Å². The summed E-state index contributed by atoms with van der Waals surface area (Å²) in [6, 6.07) is 6.14. The molecule has 0 spiro atoms. The number of alkyl halides is 3. The predicted octanol–water partition coefficient (Wildman–Crippen LogP) is 2.31. The van der Waals surface area contributed by atoms with Crippen LogP contribution in [0.4, 0.5) is 18.9 Å². The van der Waals surface area contributed by atoms with E-state index in [0.717, 1.165) is 5.56 Å². The number of nitrogens with zero attached hydrogens (tertiary/aromatic N) is 1. The van der Waals surface area contributed by atoms with Crippen molar-refractivity contribution in [3.05, 3.63) is 39.9 Å². The summed E-state index contributed by atoms with van der Waals surface area (Å²) in [7, 11) is 0. The Labute approximate surface area is 113 Å². The molecule has 1 N–H and O–H groups in total. The highest BCUT2D eigenvalue weighted by molar-refractivity contribution is 5.32. The third kappa shape index (κ3) is 7.05. The third-order valence-corrected chi connectivity index (χ3v) is 2.43. The number of nitrogens with one attached hydrogen (secondary N) is 1. The van der Waals surface area contributed by atoms with E-state index in [0.29, 0.717) is 19.5 Å². The van der Waals surface area contributed by atoms with Gasteiger partial charge in [0.2, 0.25) is 0 Å². The molecule has 0 bridgehead atoms. The zero-order valence-electron chi connectivity index (χ0n) is 10.7. The Morgan fingerprint density at radius 3 is 2.40 bits per heavy atom. The summed E-state index contributed by atoms with van der Waals surface area (Å²) < 4.78 is 39.7. The van der Waals surface area contributed by atoms with Crippen LogP contribution in [-0.4, -0.2) is 37.4 Å². The van der Waals surface area contributed by atoms with Gasteiger partial charge in [0.1, 0.15) is 6.61 Å². The molecule has 5 nitrogen and oxygen atoms in total. The van der Waals surface area contributed by atoms with Crippen LogP contribution in [0.25, 0.3) is 0 Å². The van der Waals surface area contributed by atoms with E-state index in [1.165, 1.54) is 12.1 Å². The van der Waals surface area contributed by atoms with Crippen molar-refractivity contribution in [3.8, 4) is 0 Å². The molecule has 0 radical (unpaired) electrons. The van der Waals surface area contributed by atoms with Gasteiger partial charge in [0.25, 0.3) is 5.69 Å². The van der Waals surface area contributed by atoms with Gasteiger partial charge in [0.05, 0.1) is 11.5 Å². The van der Waals surface area contributed by atoms with Crippen molar-refractivity contribution in [2.75, 3.05) is 26.3 Å². The highest BCUT2D eigenvalue weighted by Crippen LogP contribution is 2.14. The van der Waals surface area contributed by atoms with Crippen molar-refractivity contribution in [2.24, 2.45) is 0 Å². The first-order valence-corrected chi connectivity index (χ1v) is 5.97. The van der Waals surface area contributed by atoms with Gasteiger partial charge in [-0.05, 0) is 18.5 Å². The van der Waals surface area contributed by atoms with Gasteiger partial charge in [-0.15, -0.1) is 0 Å². The second-order valence-electron chi connectivity index (χ2n) is 4.09. The van der Waals surface area contributed by atoms with Gasteiger partial charge in [0.15, 0.2) is 0 Å². The largest absolute Gasteiger partial charge is 0.411 e. The molecular formula is C12H15F3N2O3. The van der Waals surface area contributed by atoms with Gasteiger partial charge in [-0.25, -0.2) is 0 Å². The fraction of sp³-hybridized carbons (Fsp3) is 0.500. The number of non-ortho nitro benzene ring substituents is 1. The predicted molar refractivity (Wildman–Crippen MR) is 66.5 cm³/mol. The van der Waals surface area contributed by atoms with Crippen LogP contribution >= 0.6 is 0 Å². The van der Waals surface area contributed by atoms with Gasteiger partial charge in [-0.1, -0.05) is 12.1 Å². The van der Waals surface area contributed by atoms with E-state index in [4.69, 9.17) is 0 Å². The second-order valence-corrected chi connectivity index (χ2v) is 4.09. The molecule has 1 aromatic carbocycles. The maximum atomic E-state index is 11.7. The average molecular weight is 292 g/mol. The van der Waals surface area contributed by atoms with Crippen molar-refractivity contribution < 1.29 is 22.8 Å². The molecule has 0 saturated carbocycles. The van der Waals surface area contributed by atoms with Crippen LogP contribution in [0.1, 0.15) is 5.56 Å². The zero-order chi connectivity index (χ0) is 15.0. The summed E-state index contributed by atoms with van der Waals surface area (Å²) in [6.07, 6.45) is -3.66. The van der Waals surface area contributed by atoms with Crippen molar-refractivity contribution in [3.63, 3.8) is 0 Å². The number of halogens is 3. The summed E-state index contributed by atoms with van der Waals surface area (Å²) in [5, 5.41) is 13.4. The van der Waals surface area contributed by atoms with Crippen molar-refractivity contribution >= 4 is 5.69 Å². The van der Waals surface area contributed by atoms with Gasteiger partial charge < -0.3 is 10.1 Å². The molecule has 0 saturated heterocycles. The van der Waals surface area contributed by atoms with Crippen LogP contribution in [-0.2, 0) is 11.2 Å². The molecular weight excluding hydrogens is 277 g/mol. The molecule has 0 aliphatic rings. The molecule has 0 aliphatic carbocycles. The van der Waals surface area contributed by atoms with E-state index in [1.54, 1.807) is 12.1 Å². The number of ether oxygens (including phenoxy) is 1. The number of rotatable bonds is 8. The first-order valence-electron chi connectivity index (χ1n) is 5.97. The average Bonchev–Trinajstić information content (AvgIpc) is 2.37. The Morgan fingerprint density at radius 2 is 1.85 bits per heavy atom. The normalized spacial score (nSPS) is 11.6. The monoisotopic (exact) mass is 292 g/mol.